The van der Waals surface area contributed by atoms with Gasteiger partial charge in [-0.3, -0.25) is 0 Å². The number of ether oxygens (including phenoxy) is 2. The Labute approximate surface area is 127 Å². The molecule has 1 aliphatic carbocycles. The first-order valence-electron chi connectivity index (χ1n) is 7.18. The second-order valence-electron chi connectivity index (χ2n) is 5.93. The lowest BCUT2D eigenvalue weighted by molar-refractivity contribution is -0.293. The van der Waals surface area contributed by atoms with Crippen molar-refractivity contribution in [2.45, 2.75) is 67.5 Å². The Morgan fingerprint density at radius 3 is 2.14 bits per heavy atom. The van der Waals surface area contributed by atoms with Crippen molar-refractivity contribution in [2.24, 2.45) is 17.2 Å². The maximum Gasteiger partial charge on any atom is 0.176 e. The van der Waals surface area contributed by atoms with E-state index in [4.69, 9.17) is 31.8 Å². The Morgan fingerprint density at radius 2 is 1.55 bits per heavy atom. The van der Waals surface area contributed by atoms with E-state index >= 15 is 0 Å². The van der Waals surface area contributed by atoms with Crippen LogP contribution in [0.15, 0.2) is 0 Å². The van der Waals surface area contributed by atoms with Crippen LogP contribution in [-0.4, -0.2) is 93.2 Å². The first-order chi connectivity index (χ1) is 10.3. The highest BCUT2D eigenvalue weighted by Gasteiger charge is 2.47. The van der Waals surface area contributed by atoms with Crippen molar-refractivity contribution in [3.05, 3.63) is 0 Å². The summed E-state index contributed by atoms with van der Waals surface area (Å²) in [4.78, 5) is 0. The van der Waals surface area contributed by atoms with Gasteiger partial charge in [0.1, 0.15) is 30.5 Å². The molecule has 1 aliphatic heterocycles. The van der Waals surface area contributed by atoms with Gasteiger partial charge in [0.15, 0.2) is 6.29 Å². The number of rotatable bonds is 3. The molecule has 10 nitrogen and oxygen atoms in total. The molecule has 0 amide bonds. The average Bonchev–Trinajstić information content (AvgIpc) is 2.49. The van der Waals surface area contributed by atoms with E-state index in [1.54, 1.807) is 0 Å². The molecule has 0 aromatic heterocycles. The zero-order valence-corrected chi connectivity index (χ0v) is 12.0. The maximum absolute atomic E-state index is 10.0. The third-order valence-electron chi connectivity index (χ3n) is 4.31. The average molecular weight is 323 g/mol. The zero-order valence-electron chi connectivity index (χ0n) is 12.0. The minimum Gasteiger partial charge on any atom is -0.394 e. The lowest BCUT2D eigenvalue weighted by Crippen LogP contribution is -2.67. The molecule has 11 N–H and O–H groups in total. The Hall–Kier alpha value is -0.400. The minimum absolute atomic E-state index is 0.222. The molecular weight excluding hydrogens is 298 g/mol. The first-order valence-corrected chi connectivity index (χ1v) is 7.18. The van der Waals surface area contributed by atoms with Crippen molar-refractivity contribution in [3.8, 4) is 0 Å². The molecule has 0 radical (unpaired) electrons. The normalized spacial score (nSPS) is 53.5. The SMILES string of the molecule is N[C@H]1[C@H](O[C@H]2[C@H](O)[C@@H](O)[C@H](N)C[C@@H]2N)O[C@H](CO)[C@@H](O)[C@@H]1O. The van der Waals surface area contributed by atoms with Crippen LogP contribution in [0.3, 0.4) is 0 Å². The predicted octanol–water partition coefficient (Wildman–Crippen LogP) is -5.08. The van der Waals surface area contributed by atoms with Crippen molar-refractivity contribution >= 4 is 0 Å². The molecular formula is C12H25N3O7. The third kappa shape index (κ3) is 3.26. The van der Waals surface area contributed by atoms with Crippen LogP contribution in [0.2, 0.25) is 0 Å². The molecule has 130 valence electrons. The van der Waals surface area contributed by atoms with Gasteiger partial charge in [0, 0.05) is 12.1 Å². The van der Waals surface area contributed by atoms with Gasteiger partial charge in [-0.05, 0) is 6.42 Å². The van der Waals surface area contributed by atoms with E-state index in [2.05, 4.69) is 0 Å². The van der Waals surface area contributed by atoms with E-state index in [-0.39, 0.29) is 6.42 Å². The monoisotopic (exact) mass is 323 g/mol. The van der Waals surface area contributed by atoms with Gasteiger partial charge in [-0.15, -0.1) is 0 Å². The molecule has 0 aromatic carbocycles. The van der Waals surface area contributed by atoms with E-state index in [0.717, 1.165) is 0 Å². The number of nitrogens with two attached hydrogens (primary N) is 3. The summed E-state index contributed by atoms with van der Waals surface area (Å²) in [5.74, 6) is 0. The number of aliphatic hydroxyl groups excluding tert-OH is 5. The molecule has 10 heteroatoms. The fraction of sp³-hybridized carbons (Fsp3) is 1.00. The highest BCUT2D eigenvalue weighted by molar-refractivity contribution is 4.99. The number of hydrogen-bond donors (Lipinski definition) is 8. The van der Waals surface area contributed by atoms with Crippen molar-refractivity contribution in [1.29, 1.82) is 0 Å². The van der Waals surface area contributed by atoms with E-state index < -0.39 is 67.6 Å². The van der Waals surface area contributed by atoms with Crippen molar-refractivity contribution in [3.63, 3.8) is 0 Å². The molecule has 0 aromatic rings. The van der Waals surface area contributed by atoms with E-state index in [1.165, 1.54) is 0 Å². The quantitative estimate of drug-likeness (QED) is 0.248. The van der Waals surface area contributed by atoms with Crippen molar-refractivity contribution < 1.29 is 35.0 Å². The van der Waals surface area contributed by atoms with Crippen molar-refractivity contribution in [1.82, 2.24) is 0 Å². The summed E-state index contributed by atoms with van der Waals surface area (Å²) in [6.07, 6.45) is -8.36. The smallest absolute Gasteiger partial charge is 0.176 e. The Morgan fingerprint density at radius 1 is 0.909 bits per heavy atom. The van der Waals surface area contributed by atoms with E-state index in [9.17, 15) is 20.4 Å². The number of hydrogen-bond acceptors (Lipinski definition) is 10. The number of aliphatic hydroxyl groups is 5. The summed E-state index contributed by atoms with van der Waals surface area (Å²) in [5, 5.41) is 48.6. The van der Waals surface area contributed by atoms with Gasteiger partial charge < -0.3 is 52.2 Å². The van der Waals surface area contributed by atoms with Crippen molar-refractivity contribution in [2.75, 3.05) is 6.61 Å². The van der Waals surface area contributed by atoms with Gasteiger partial charge in [-0.25, -0.2) is 0 Å². The summed E-state index contributed by atoms with van der Waals surface area (Å²) in [7, 11) is 0. The van der Waals surface area contributed by atoms with Gasteiger partial charge in [0.25, 0.3) is 0 Å². The van der Waals surface area contributed by atoms with E-state index in [0.29, 0.717) is 0 Å². The van der Waals surface area contributed by atoms with Crippen LogP contribution in [-0.2, 0) is 9.47 Å². The summed E-state index contributed by atoms with van der Waals surface area (Å²) in [6.45, 7) is -0.544. The highest BCUT2D eigenvalue weighted by Crippen LogP contribution is 2.27. The second-order valence-corrected chi connectivity index (χ2v) is 5.93. The molecule has 1 saturated heterocycles. The standard InChI is InChI=1S/C12H25N3O7/c13-3-1-4(14)11(10(20)7(3)17)22-12-6(15)9(19)8(18)5(2-16)21-12/h3-12,16-20H,1-2,13-15H2/t3-,4+,5-,6-,7+,8-,9-,10-,11-,12+/m1/s1. The van der Waals surface area contributed by atoms with Crippen LogP contribution >= 0.6 is 0 Å². The first kappa shape index (κ1) is 17.9. The largest absolute Gasteiger partial charge is 0.394 e. The maximum atomic E-state index is 10.0. The van der Waals surface area contributed by atoms with Gasteiger partial charge in [0.2, 0.25) is 0 Å². The summed E-state index contributed by atoms with van der Waals surface area (Å²) < 4.78 is 10.8. The molecule has 22 heavy (non-hydrogen) atoms. The van der Waals surface area contributed by atoms with E-state index in [1.807, 2.05) is 0 Å². The summed E-state index contributed by atoms with van der Waals surface area (Å²) >= 11 is 0. The third-order valence-corrected chi connectivity index (χ3v) is 4.31. The lowest BCUT2D eigenvalue weighted by Gasteiger charge is -2.45. The zero-order chi connectivity index (χ0) is 16.6. The van der Waals surface area contributed by atoms with Gasteiger partial charge >= 0.3 is 0 Å². The van der Waals surface area contributed by atoms with Crippen LogP contribution in [0.5, 0.6) is 0 Å². The molecule has 10 atom stereocenters. The fourth-order valence-electron chi connectivity index (χ4n) is 2.85. The molecule has 1 saturated carbocycles. The highest BCUT2D eigenvalue weighted by atomic mass is 16.7. The lowest BCUT2D eigenvalue weighted by atomic mass is 9.84. The van der Waals surface area contributed by atoms with Gasteiger partial charge in [-0.2, -0.15) is 0 Å². The molecule has 0 unspecified atom stereocenters. The van der Waals surface area contributed by atoms with Crippen LogP contribution in [0.1, 0.15) is 6.42 Å². The predicted molar refractivity (Wildman–Crippen MR) is 73.2 cm³/mol. The second kappa shape index (κ2) is 7.01. The van der Waals surface area contributed by atoms with Gasteiger partial charge in [-0.1, -0.05) is 0 Å². The Balaban J connectivity index is 2.08. The topological polar surface area (TPSA) is 198 Å². The summed E-state index contributed by atoms with van der Waals surface area (Å²) in [6, 6.07) is -2.45. The molecule has 1 heterocycles. The molecule has 2 aliphatic rings. The minimum atomic E-state index is -1.37. The van der Waals surface area contributed by atoms with Crippen LogP contribution < -0.4 is 17.2 Å². The summed E-state index contributed by atoms with van der Waals surface area (Å²) in [5.41, 5.74) is 17.3. The van der Waals surface area contributed by atoms with Crippen LogP contribution in [0.4, 0.5) is 0 Å². The fourth-order valence-corrected chi connectivity index (χ4v) is 2.85. The Kier molecular flexibility index (Phi) is 5.72. The van der Waals surface area contributed by atoms with Crippen LogP contribution in [0.25, 0.3) is 0 Å². The molecule has 0 bridgehead atoms. The molecule has 2 rings (SSSR count). The molecule has 2 fully saturated rings. The van der Waals surface area contributed by atoms with Gasteiger partial charge in [0.05, 0.1) is 18.8 Å². The van der Waals surface area contributed by atoms with Crippen LogP contribution in [0, 0.1) is 0 Å². The Bertz CT molecular complexity index is 375. The molecule has 0 spiro atoms.